The van der Waals surface area contributed by atoms with E-state index in [9.17, 15) is 8.42 Å². The van der Waals surface area contributed by atoms with E-state index >= 15 is 0 Å². The molecule has 0 amide bonds. The monoisotopic (exact) mass is 336 g/mol. The molecule has 4 nitrogen and oxygen atoms in total. The summed E-state index contributed by atoms with van der Waals surface area (Å²) in [7, 11) is -2.98. The number of nitrogens with two attached hydrogens (primary N) is 1. The van der Waals surface area contributed by atoms with Crippen molar-refractivity contribution in [1.29, 1.82) is 0 Å². The van der Waals surface area contributed by atoms with Crippen molar-refractivity contribution in [3.05, 3.63) is 28.2 Å². The topological polar surface area (TPSA) is 72.2 Å². The highest BCUT2D eigenvalue weighted by Crippen LogP contribution is 2.21. The quantitative estimate of drug-likeness (QED) is 0.798. The molecule has 0 saturated heterocycles. The first kappa shape index (κ1) is 14.4. The number of hydrogen-bond acceptors (Lipinski definition) is 4. The first-order valence-corrected chi connectivity index (χ1v) is 8.07. The van der Waals surface area contributed by atoms with Crippen LogP contribution in [0.3, 0.4) is 0 Å². The van der Waals surface area contributed by atoms with Gasteiger partial charge in [-0.25, -0.2) is 8.42 Å². The Bertz CT molecular complexity index is 529. The molecule has 0 unspecified atom stereocenters. The third-order valence-corrected chi connectivity index (χ3v) is 3.69. The molecule has 3 N–H and O–H groups in total. The number of hydrogen-bond donors (Lipinski definition) is 2. The molecular weight excluding hydrogens is 324 g/mol. The largest absolute Gasteiger partial charge is 0.389 e. The molecule has 0 radical (unpaired) electrons. The highest BCUT2D eigenvalue weighted by molar-refractivity contribution is 9.10. The van der Waals surface area contributed by atoms with Gasteiger partial charge in [0, 0.05) is 28.5 Å². The van der Waals surface area contributed by atoms with Gasteiger partial charge in [0.1, 0.15) is 14.8 Å². The van der Waals surface area contributed by atoms with Crippen molar-refractivity contribution in [3.63, 3.8) is 0 Å². The maximum absolute atomic E-state index is 11.0. The number of thiocarbonyl (C=S) groups is 1. The van der Waals surface area contributed by atoms with Crippen molar-refractivity contribution in [2.75, 3.05) is 23.9 Å². The van der Waals surface area contributed by atoms with Gasteiger partial charge in [-0.1, -0.05) is 28.1 Å². The zero-order chi connectivity index (χ0) is 13.1. The molecule has 0 aliphatic carbocycles. The lowest BCUT2D eigenvalue weighted by Gasteiger charge is -2.11. The van der Waals surface area contributed by atoms with E-state index in [1.165, 1.54) is 6.26 Å². The van der Waals surface area contributed by atoms with E-state index in [4.69, 9.17) is 18.0 Å². The smallest absolute Gasteiger partial charge is 0.149 e. The first-order valence-electron chi connectivity index (χ1n) is 4.80. The lowest BCUT2D eigenvalue weighted by Crippen LogP contribution is -2.17. The highest BCUT2D eigenvalue weighted by atomic mass is 79.9. The van der Waals surface area contributed by atoms with Crippen molar-refractivity contribution in [1.82, 2.24) is 0 Å². The average Bonchev–Trinajstić information content (AvgIpc) is 2.15. The molecule has 1 aromatic carbocycles. The predicted molar refractivity (Wildman–Crippen MR) is 78.2 cm³/mol. The van der Waals surface area contributed by atoms with E-state index in [0.717, 1.165) is 10.2 Å². The van der Waals surface area contributed by atoms with Crippen molar-refractivity contribution in [2.24, 2.45) is 5.73 Å². The van der Waals surface area contributed by atoms with Crippen LogP contribution in [0.15, 0.2) is 22.7 Å². The second kappa shape index (κ2) is 5.79. The molecule has 0 spiro atoms. The summed E-state index contributed by atoms with van der Waals surface area (Å²) in [6, 6.07) is 5.43. The van der Waals surface area contributed by atoms with Gasteiger partial charge in [0.05, 0.1) is 5.75 Å². The molecular formula is C10H13BrN2O2S2. The number of anilines is 1. The van der Waals surface area contributed by atoms with E-state index in [1.807, 2.05) is 12.1 Å². The van der Waals surface area contributed by atoms with Gasteiger partial charge >= 0.3 is 0 Å². The number of halogens is 1. The van der Waals surface area contributed by atoms with Gasteiger partial charge in [-0.15, -0.1) is 0 Å². The van der Waals surface area contributed by atoms with Gasteiger partial charge in [-0.05, 0) is 18.2 Å². The van der Waals surface area contributed by atoms with E-state index in [-0.39, 0.29) is 10.7 Å². The standard InChI is InChI=1S/C10H13BrN2O2S2/c1-17(14,15)5-4-13-9-6-7(11)2-3-8(9)10(12)16/h2-3,6,13H,4-5H2,1H3,(H2,12,16). The number of rotatable bonds is 5. The van der Waals surface area contributed by atoms with E-state index in [0.29, 0.717) is 12.1 Å². The zero-order valence-corrected chi connectivity index (χ0v) is 12.5. The fraction of sp³-hybridized carbons (Fsp3) is 0.300. The molecule has 7 heteroatoms. The van der Waals surface area contributed by atoms with E-state index in [2.05, 4.69) is 21.2 Å². The molecule has 1 rings (SSSR count). The maximum atomic E-state index is 11.0. The van der Waals surface area contributed by atoms with Crippen LogP contribution in [0, 0.1) is 0 Å². The second-order valence-corrected chi connectivity index (χ2v) is 7.23. The second-order valence-electron chi connectivity index (χ2n) is 3.61. The molecule has 0 aliphatic rings. The molecule has 0 heterocycles. The number of benzene rings is 1. The summed E-state index contributed by atoms with van der Waals surface area (Å²) in [5.74, 6) is 0.0658. The molecule has 0 aromatic heterocycles. The molecule has 17 heavy (non-hydrogen) atoms. The molecule has 0 bridgehead atoms. The zero-order valence-electron chi connectivity index (χ0n) is 9.23. The third-order valence-electron chi connectivity index (χ3n) is 2.04. The lowest BCUT2D eigenvalue weighted by atomic mass is 10.2. The third kappa shape index (κ3) is 5.01. The predicted octanol–water partition coefficient (Wildman–Crippen LogP) is 1.54. The van der Waals surface area contributed by atoms with Gasteiger partial charge in [0.25, 0.3) is 0 Å². The van der Waals surface area contributed by atoms with Gasteiger partial charge < -0.3 is 11.1 Å². The number of nitrogens with one attached hydrogen (secondary N) is 1. The number of sulfone groups is 1. The Kier molecular flexibility index (Phi) is 4.91. The maximum Gasteiger partial charge on any atom is 0.149 e. The van der Waals surface area contributed by atoms with E-state index < -0.39 is 9.84 Å². The van der Waals surface area contributed by atoms with Crippen LogP contribution in [0.4, 0.5) is 5.69 Å². The van der Waals surface area contributed by atoms with Crippen molar-refractivity contribution < 1.29 is 8.42 Å². The SMILES string of the molecule is CS(=O)(=O)CCNc1cc(Br)ccc1C(N)=S. The Morgan fingerprint density at radius 2 is 2.18 bits per heavy atom. The fourth-order valence-corrected chi connectivity index (χ4v) is 2.26. The van der Waals surface area contributed by atoms with E-state index in [1.54, 1.807) is 6.07 Å². The first-order chi connectivity index (χ1) is 7.79. The normalized spacial score (nSPS) is 11.2. The van der Waals surface area contributed by atoms with Crippen LogP contribution in [0.2, 0.25) is 0 Å². The van der Waals surface area contributed by atoms with Crippen LogP contribution in [0.1, 0.15) is 5.56 Å². The van der Waals surface area contributed by atoms with Crippen molar-refractivity contribution >= 4 is 48.7 Å². The van der Waals surface area contributed by atoms with Crippen LogP contribution < -0.4 is 11.1 Å². The molecule has 0 fully saturated rings. The van der Waals surface area contributed by atoms with Crippen LogP contribution in [0.25, 0.3) is 0 Å². The minimum Gasteiger partial charge on any atom is -0.389 e. The van der Waals surface area contributed by atoms with Gasteiger partial charge in [-0.2, -0.15) is 0 Å². The summed E-state index contributed by atoms with van der Waals surface area (Å²) in [5.41, 5.74) is 7.02. The Morgan fingerprint density at radius 3 is 2.71 bits per heavy atom. The van der Waals surface area contributed by atoms with Crippen molar-refractivity contribution in [3.8, 4) is 0 Å². The molecule has 0 aliphatic heterocycles. The summed E-state index contributed by atoms with van der Waals surface area (Å²) in [5, 5.41) is 3.02. The Morgan fingerprint density at radius 1 is 1.53 bits per heavy atom. The molecule has 0 atom stereocenters. The van der Waals surface area contributed by atoms with Crippen LogP contribution >= 0.6 is 28.1 Å². The Labute approximate surface area is 115 Å². The Balaban J connectivity index is 2.82. The van der Waals surface area contributed by atoms with Crippen molar-refractivity contribution in [2.45, 2.75) is 0 Å². The van der Waals surface area contributed by atoms with Gasteiger partial charge in [0.2, 0.25) is 0 Å². The van der Waals surface area contributed by atoms with Crippen LogP contribution in [-0.4, -0.2) is 32.0 Å². The summed E-state index contributed by atoms with van der Waals surface area (Å²) in [6.07, 6.45) is 1.20. The molecule has 0 saturated carbocycles. The Hall–Kier alpha value is -0.660. The average molecular weight is 337 g/mol. The van der Waals surface area contributed by atoms with Crippen LogP contribution in [-0.2, 0) is 9.84 Å². The summed E-state index contributed by atoms with van der Waals surface area (Å²) < 4.78 is 22.9. The summed E-state index contributed by atoms with van der Waals surface area (Å²) in [6.45, 7) is 0.324. The minimum absolute atomic E-state index is 0.0658. The van der Waals surface area contributed by atoms with Gasteiger partial charge in [0.15, 0.2) is 0 Å². The summed E-state index contributed by atoms with van der Waals surface area (Å²) in [4.78, 5) is 0.277. The summed E-state index contributed by atoms with van der Waals surface area (Å²) >= 11 is 8.26. The highest BCUT2D eigenvalue weighted by Gasteiger charge is 2.07. The lowest BCUT2D eigenvalue weighted by molar-refractivity contribution is 0.602. The fourth-order valence-electron chi connectivity index (χ4n) is 1.25. The molecule has 94 valence electrons. The van der Waals surface area contributed by atoms with Crippen LogP contribution in [0.5, 0.6) is 0 Å². The molecule has 1 aromatic rings. The van der Waals surface area contributed by atoms with Gasteiger partial charge in [-0.3, -0.25) is 0 Å². The minimum atomic E-state index is -2.98.